The number of hydrogen-bond acceptors (Lipinski definition) is 4. The van der Waals surface area contributed by atoms with Gasteiger partial charge in [-0.15, -0.1) is 0 Å². The van der Waals surface area contributed by atoms with Gasteiger partial charge in [-0.2, -0.15) is 0 Å². The number of cyclic esters (lactones) is 1. The summed E-state index contributed by atoms with van der Waals surface area (Å²) in [6.45, 7) is 3.98. The van der Waals surface area contributed by atoms with Gasteiger partial charge in [-0.1, -0.05) is 56.3 Å². The maximum Gasteiger partial charge on any atom is 0.411 e. The fourth-order valence-corrected chi connectivity index (χ4v) is 4.11. The van der Waals surface area contributed by atoms with Crippen molar-refractivity contribution in [3.05, 3.63) is 95.8 Å². The minimum atomic E-state index is -0.996. The molecular weight excluding hydrogens is 461 g/mol. The number of anilines is 2. The highest BCUT2D eigenvalue weighted by atomic mass is 19.1. The topological polar surface area (TPSA) is 87.7 Å². The second-order valence-electron chi connectivity index (χ2n) is 9.13. The number of hydrogen-bond donors (Lipinski definition) is 2. The van der Waals surface area contributed by atoms with Crippen molar-refractivity contribution in [1.82, 2.24) is 4.90 Å². The van der Waals surface area contributed by atoms with E-state index < -0.39 is 30.0 Å². The van der Waals surface area contributed by atoms with Crippen molar-refractivity contribution in [2.75, 3.05) is 10.6 Å². The van der Waals surface area contributed by atoms with E-state index in [1.165, 1.54) is 17.0 Å². The SMILES string of the molecule is CC(C)CC(=O)Nc1cccc([C@@H]2OC(=O)N(Cc3ccc(F)cc3)[C@H]2C(=O)Nc2ccccc2)c1. The number of para-hydroxylation sites is 1. The summed E-state index contributed by atoms with van der Waals surface area (Å²) >= 11 is 0. The van der Waals surface area contributed by atoms with Gasteiger partial charge >= 0.3 is 6.09 Å². The summed E-state index contributed by atoms with van der Waals surface area (Å²) < 4.78 is 19.1. The first-order chi connectivity index (χ1) is 17.3. The number of carbonyl (C=O) groups is 3. The summed E-state index contributed by atoms with van der Waals surface area (Å²) in [4.78, 5) is 40.0. The van der Waals surface area contributed by atoms with Gasteiger partial charge in [-0.05, 0) is 53.4 Å². The zero-order valence-corrected chi connectivity index (χ0v) is 20.1. The Morgan fingerprint density at radius 3 is 2.33 bits per heavy atom. The molecule has 36 heavy (non-hydrogen) atoms. The largest absolute Gasteiger partial charge is 0.438 e. The van der Waals surface area contributed by atoms with Crippen LogP contribution in [0.5, 0.6) is 0 Å². The number of nitrogens with zero attached hydrogens (tertiary/aromatic N) is 1. The van der Waals surface area contributed by atoms with Gasteiger partial charge in [0.2, 0.25) is 5.91 Å². The molecule has 3 amide bonds. The lowest BCUT2D eigenvalue weighted by molar-refractivity contribution is -0.121. The molecule has 0 aromatic heterocycles. The van der Waals surface area contributed by atoms with Crippen molar-refractivity contribution < 1.29 is 23.5 Å². The Bertz CT molecular complexity index is 1230. The van der Waals surface area contributed by atoms with Gasteiger partial charge in [0.15, 0.2) is 12.1 Å². The predicted molar refractivity (Wildman–Crippen MR) is 135 cm³/mol. The molecule has 0 unspecified atom stereocenters. The number of carbonyl (C=O) groups excluding carboxylic acids is 3. The molecule has 3 aromatic carbocycles. The number of ether oxygens (including phenoxy) is 1. The molecule has 0 aliphatic carbocycles. The number of amides is 3. The molecule has 0 saturated carbocycles. The van der Waals surface area contributed by atoms with Gasteiger partial charge < -0.3 is 15.4 Å². The lowest BCUT2D eigenvalue weighted by Crippen LogP contribution is -2.43. The van der Waals surface area contributed by atoms with E-state index in [9.17, 15) is 18.8 Å². The quantitative estimate of drug-likeness (QED) is 0.437. The Labute approximate surface area is 209 Å². The number of benzene rings is 3. The van der Waals surface area contributed by atoms with Crippen molar-refractivity contribution in [2.45, 2.75) is 39.0 Å². The third-order valence-electron chi connectivity index (χ3n) is 5.75. The van der Waals surface area contributed by atoms with Crippen molar-refractivity contribution in [3.63, 3.8) is 0 Å². The van der Waals surface area contributed by atoms with Gasteiger partial charge in [0, 0.05) is 17.8 Å². The third-order valence-corrected chi connectivity index (χ3v) is 5.75. The van der Waals surface area contributed by atoms with Crippen molar-refractivity contribution >= 4 is 29.3 Å². The summed E-state index contributed by atoms with van der Waals surface area (Å²) in [6, 6.07) is 20.6. The van der Waals surface area contributed by atoms with E-state index in [1.807, 2.05) is 19.9 Å². The lowest BCUT2D eigenvalue weighted by Gasteiger charge is -2.24. The van der Waals surface area contributed by atoms with E-state index in [1.54, 1.807) is 60.7 Å². The zero-order chi connectivity index (χ0) is 25.7. The third kappa shape index (κ3) is 6.07. The predicted octanol–water partition coefficient (Wildman–Crippen LogP) is 5.51. The van der Waals surface area contributed by atoms with Crippen molar-refractivity contribution in [3.8, 4) is 0 Å². The van der Waals surface area contributed by atoms with Crippen LogP contribution in [0.3, 0.4) is 0 Å². The van der Waals surface area contributed by atoms with Gasteiger partial charge in [0.1, 0.15) is 5.82 Å². The van der Waals surface area contributed by atoms with Gasteiger partial charge in [0.25, 0.3) is 5.91 Å². The summed E-state index contributed by atoms with van der Waals surface area (Å²) in [5, 5.41) is 5.71. The van der Waals surface area contributed by atoms with Gasteiger partial charge in [-0.3, -0.25) is 14.5 Å². The lowest BCUT2D eigenvalue weighted by atomic mass is 9.99. The van der Waals surface area contributed by atoms with Crippen LogP contribution in [0, 0.1) is 11.7 Å². The number of halogens is 1. The Balaban J connectivity index is 1.63. The van der Waals surface area contributed by atoms with Crippen LogP contribution in [-0.4, -0.2) is 28.8 Å². The van der Waals surface area contributed by atoms with Crippen molar-refractivity contribution in [2.24, 2.45) is 5.92 Å². The molecular formula is C28H28FN3O4. The molecule has 1 fully saturated rings. The molecule has 2 N–H and O–H groups in total. The highest BCUT2D eigenvalue weighted by Gasteiger charge is 2.47. The van der Waals surface area contributed by atoms with Crippen LogP contribution in [0.2, 0.25) is 0 Å². The summed E-state index contributed by atoms with van der Waals surface area (Å²) in [6.07, 6.45) is -1.20. The standard InChI is InChI=1S/C28H28FN3O4/c1-18(2)15-24(33)30-23-10-6-7-20(16-23)26-25(27(34)31-22-8-4-3-5-9-22)32(28(35)36-26)17-19-11-13-21(29)14-12-19/h3-14,16,18,25-26H,15,17H2,1-2H3,(H,30,33)(H,31,34)/t25-,26+/m1/s1. The van der Waals surface area contributed by atoms with Crippen LogP contribution in [0.15, 0.2) is 78.9 Å². The summed E-state index contributed by atoms with van der Waals surface area (Å²) in [7, 11) is 0. The molecule has 4 rings (SSSR count). The van der Waals surface area contributed by atoms with Crippen molar-refractivity contribution in [1.29, 1.82) is 0 Å². The average Bonchev–Trinajstić information content (AvgIpc) is 3.17. The van der Waals surface area contributed by atoms with Crippen LogP contribution in [-0.2, 0) is 20.9 Å². The molecule has 3 aromatic rings. The van der Waals surface area contributed by atoms with Gasteiger partial charge in [0.05, 0.1) is 6.54 Å². The zero-order valence-electron chi connectivity index (χ0n) is 20.1. The summed E-state index contributed by atoms with van der Waals surface area (Å²) in [5.74, 6) is -0.736. The fraction of sp³-hybridized carbons (Fsp3) is 0.250. The second-order valence-corrected chi connectivity index (χ2v) is 9.13. The Hall–Kier alpha value is -4.20. The monoisotopic (exact) mass is 489 g/mol. The Kier molecular flexibility index (Phi) is 7.63. The number of nitrogens with one attached hydrogen (secondary N) is 2. The molecule has 0 bridgehead atoms. The normalized spacial score (nSPS) is 17.1. The first-order valence-electron chi connectivity index (χ1n) is 11.8. The average molecular weight is 490 g/mol. The molecule has 1 heterocycles. The van der Waals surface area contributed by atoms with Crippen LogP contribution < -0.4 is 10.6 Å². The smallest absolute Gasteiger partial charge is 0.411 e. The Morgan fingerprint density at radius 1 is 0.944 bits per heavy atom. The highest BCUT2D eigenvalue weighted by molar-refractivity contribution is 5.98. The van der Waals surface area contributed by atoms with Crippen LogP contribution >= 0.6 is 0 Å². The van der Waals surface area contributed by atoms with E-state index in [2.05, 4.69) is 10.6 Å². The molecule has 1 saturated heterocycles. The molecule has 2 atom stereocenters. The van der Waals surface area contributed by atoms with E-state index in [-0.39, 0.29) is 18.4 Å². The molecule has 8 heteroatoms. The van der Waals surface area contributed by atoms with Gasteiger partial charge in [-0.25, -0.2) is 9.18 Å². The van der Waals surface area contributed by atoms with E-state index in [0.717, 1.165) is 0 Å². The van der Waals surface area contributed by atoms with E-state index in [0.29, 0.717) is 28.9 Å². The van der Waals surface area contributed by atoms with E-state index in [4.69, 9.17) is 4.74 Å². The number of rotatable bonds is 8. The molecule has 186 valence electrons. The molecule has 1 aliphatic rings. The van der Waals surface area contributed by atoms with Crippen LogP contribution in [0.25, 0.3) is 0 Å². The molecule has 0 spiro atoms. The highest BCUT2D eigenvalue weighted by Crippen LogP contribution is 2.35. The van der Waals surface area contributed by atoms with E-state index >= 15 is 0 Å². The first-order valence-corrected chi connectivity index (χ1v) is 11.8. The Morgan fingerprint density at radius 2 is 1.64 bits per heavy atom. The molecule has 1 aliphatic heterocycles. The maximum absolute atomic E-state index is 13.5. The van der Waals surface area contributed by atoms with Crippen LogP contribution in [0.4, 0.5) is 20.6 Å². The molecule has 0 radical (unpaired) electrons. The minimum Gasteiger partial charge on any atom is -0.438 e. The van der Waals surface area contributed by atoms with Crippen LogP contribution in [0.1, 0.15) is 37.5 Å². The fourth-order valence-electron chi connectivity index (χ4n) is 4.11. The first kappa shape index (κ1) is 24.9. The minimum absolute atomic E-state index is 0.0628. The maximum atomic E-state index is 13.5. The summed E-state index contributed by atoms with van der Waals surface area (Å²) in [5.41, 5.74) is 2.35. The molecule has 7 nitrogen and oxygen atoms in total. The second kappa shape index (κ2) is 11.0.